The fourth-order valence-electron chi connectivity index (χ4n) is 6.66. The van der Waals surface area contributed by atoms with Gasteiger partial charge in [-0.1, -0.05) is 103 Å². The molecular weight excluding hydrogens is 528 g/mol. The van der Waals surface area contributed by atoms with E-state index in [4.69, 9.17) is 4.84 Å². The van der Waals surface area contributed by atoms with Gasteiger partial charge in [0.15, 0.2) is 0 Å². The summed E-state index contributed by atoms with van der Waals surface area (Å²) in [6.45, 7) is 9.60. The SMILES string of the molecule is CC.CCCCC1(CCCC)c2cc(C(=O)/C(CCC3CCCCC3)=N/OC(C)=O)ccc2-c2ccc([N+](=O)[O-])cc21. The van der Waals surface area contributed by atoms with Crippen LogP contribution in [0.5, 0.6) is 0 Å². The lowest BCUT2D eigenvalue weighted by Crippen LogP contribution is -2.26. The highest BCUT2D eigenvalue weighted by atomic mass is 16.7. The van der Waals surface area contributed by atoms with Crippen molar-refractivity contribution in [3.63, 3.8) is 0 Å². The van der Waals surface area contributed by atoms with E-state index in [1.54, 1.807) is 12.1 Å². The number of non-ortho nitro benzene ring substituents is 1. The third-order valence-electron chi connectivity index (χ3n) is 8.79. The summed E-state index contributed by atoms with van der Waals surface area (Å²) in [5.74, 6) is -0.209. The lowest BCUT2D eigenvalue weighted by molar-refractivity contribution is -0.384. The summed E-state index contributed by atoms with van der Waals surface area (Å²) in [6.07, 6.45) is 13.0. The molecule has 0 saturated heterocycles. The topological polar surface area (TPSA) is 98.9 Å². The molecule has 2 aromatic rings. The number of hydrogen-bond donors (Lipinski definition) is 0. The van der Waals surface area contributed by atoms with Crippen LogP contribution in [0.2, 0.25) is 0 Å². The third kappa shape index (κ3) is 7.53. The molecule has 2 aromatic carbocycles. The van der Waals surface area contributed by atoms with Crippen molar-refractivity contribution >= 4 is 23.2 Å². The average Bonchev–Trinajstić information content (AvgIpc) is 3.28. The van der Waals surface area contributed by atoms with Crippen molar-refractivity contribution in [3.8, 4) is 11.1 Å². The van der Waals surface area contributed by atoms with E-state index in [9.17, 15) is 19.7 Å². The van der Waals surface area contributed by atoms with E-state index >= 15 is 0 Å². The van der Waals surface area contributed by atoms with E-state index in [0.29, 0.717) is 17.9 Å². The van der Waals surface area contributed by atoms with Gasteiger partial charge in [0.1, 0.15) is 5.71 Å². The summed E-state index contributed by atoms with van der Waals surface area (Å²) in [6, 6.07) is 11.0. The molecule has 1 saturated carbocycles. The number of Topliss-reactive ketones (excluding diaryl/α,β-unsaturated/α-hetero) is 1. The van der Waals surface area contributed by atoms with Crippen molar-refractivity contribution in [1.29, 1.82) is 0 Å². The van der Waals surface area contributed by atoms with Crippen LogP contribution in [0.4, 0.5) is 5.69 Å². The van der Waals surface area contributed by atoms with Gasteiger partial charge in [-0.2, -0.15) is 0 Å². The van der Waals surface area contributed by atoms with Gasteiger partial charge in [-0.25, -0.2) is 4.79 Å². The van der Waals surface area contributed by atoms with Crippen molar-refractivity contribution in [2.45, 2.75) is 124 Å². The van der Waals surface area contributed by atoms with Crippen LogP contribution >= 0.6 is 0 Å². The van der Waals surface area contributed by atoms with Crippen molar-refractivity contribution in [2.24, 2.45) is 11.1 Å². The standard InChI is InChI=1S/C33H42N2O5.C2H6/c1-4-6-19-33(20-7-5-2)29-21-25(14-16-27(29)28-17-15-26(35(38)39)22-30(28)33)32(37)31(34-40-23(3)36)18-13-24-11-9-8-10-12-24;1-2/h14-17,21-22,24H,4-13,18-20H2,1-3H3;1-2H3/b34-31+;. The number of nitro benzene ring substituents is 1. The van der Waals surface area contributed by atoms with Gasteiger partial charge in [-0.3, -0.25) is 14.9 Å². The molecule has 2 aliphatic carbocycles. The number of nitro groups is 1. The molecule has 0 radical (unpaired) electrons. The van der Waals surface area contributed by atoms with E-state index in [1.165, 1.54) is 26.2 Å². The minimum atomic E-state index is -0.549. The smallest absolute Gasteiger partial charge is 0.318 e. The maximum Gasteiger partial charge on any atom is 0.331 e. The first-order chi connectivity index (χ1) is 20.3. The Morgan fingerprint density at radius 1 is 0.952 bits per heavy atom. The van der Waals surface area contributed by atoms with Crippen LogP contribution in [0.25, 0.3) is 11.1 Å². The molecular formula is C35H48N2O5. The van der Waals surface area contributed by atoms with Gasteiger partial charge in [-0.15, -0.1) is 0 Å². The number of nitrogens with zero attached hydrogens (tertiary/aromatic N) is 2. The van der Waals surface area contributed by atoms with Crippen molar-refractivity contribution in [3.05, 3.63) is 63.2 Å². The molecule has 4 rings (SSSR count). The van der Waals surface area contributed by atoms with Gasteiger partial charge in [0.2, 0.25) is 5.78 Å². The molecule has 7 nitrogen and oxygen atoms in total. The summed E-state index contributed by atoms with van der Waals surface area (Å²) in [5.41, 5.74) is 4.61. The molecule has 42 heavy (non-hydrogen) atoms. The lowest BCUT2D eigenvalue weighted by Gasteiger charge is -2.32. The molecule has 2 aliphatic rings. The number of benzene rings is 2. The van der Waals surface area contributed by atoms with Gasteiger partial charge in [0.25, 0.3) is 5.69 Å². The normalized spacial score (nSPS) is 15.7. The Kier molecular flexibility index (Phi) is 12.4. The average molecular weight is 577 g/mol. The summed E-state index contributed by atoms with van der Waals surface area (Å²) in [5, 5.41) is 15.8. The number of carbonyl (C=O) groups excluding carboxylic acids is 2. The van der Waals surface area contributed by atoms with Crippen LogP contribution in [0.15, 0.2) is 41.6 Å². The summed E-state index contributed by atoms with van der Waals surface area (Å²) < 4.78 is 0. The molecule has 0 spiro atoms. The van der Waals surface area contributed by atoms with E-state index in [-0.39, 0.29) is 22.1 Å². The van der Waals surface area contributed by atoms with Crippen LogP contribution in [0.1, 0.15) is 140 Å². The minimum absolute atomic E-state index is 0.0961. The van der Waals surface area contributed by atoms with E-state index in [1.807, 2.05) is 38.1 Å². The third-order valence-corrected chi connectivity index (χ3v) is 8.79. The second-order valence-electron chi connectivity index (χ2n) is 11.5. The second kappa shape index (κ2) is 15.8. The van der Waals surface area contributed by atoms with Crippen LogP contribution in [0, 0.1) is 16.0 Å². The lowest BCUT2D eigenvalue weighted by atomic mass is 9.70. The summed E-state index contributed by atoms with van der Waals surface area (Å²) in [7, 11) is 0. The quantitative estimate of drug-likeness (QED) is 0.0777. The Balaban J connectivity index is 0.00000237. The molecule has 0 atom stereocenters. The zero-order valence-corrected chi connectivity index (χ0v) is 26.2. The fraction of sp³-hybridized carbons (Fsp3) is 0.571. The number of fused-ring (bicyclic) bond motifs is 3. The zero-order chi connectivity index (χ0) is 30.7. The van der Waals surface area contributed by atoms with Gasteiger partial charge in [0.05, 0.1) is 4.92 Å². The van der Waals surface area contributed by atoms with Crippen molar-refractivity contribution in [2.75, 3.05) is 0 Å². The van der Waals surface area contributed by atoms with E-state index < -0.39 is 11.4 Å². The number of unbranched alkanes of at least 4 members (excludes halogenated alkanes) is 2. The Bertz CT molecular complexity index is 1270. The molecule has 228 valence electrons. The molecule has 1 fully saturated rings. The highest BCUT2D eigenvalue weighted by molar-refractivity contribution is 6.46. The Hall–Kier alpha value is -3.35. The molecule has 0 aromatic heterocycles. The molecule has 0 aliphatic heterocycles. The van der Waals surface area contributed by atoms with Gasteiger partial charge in [0, 0.05) is 30.0 Å². The number of carbonyl (C=O) groups is 2. The minimum Gasteiger partial charge on any atom is -0.318 e. The largest absolute Gasteiger partial charge is 0.331 e. The molecule has 7 heteroatoms. The van der Waals surface area contributed by atoms with Crippen molar-refractivity contribution < 1.29 is 19.3 Å². The van der Waals surface area contributed by atoms with Crippen LogP contribution < -0.4 is 0 Å². The fourth-order valence-corrected chi connectivity index (χ4v) is 6.66. The Morgan fingerprint density at radius 2 is 1.55 bits per heavy atom. The maximum atomic E-state index is 13.9. The molecule has 0 heterocycles. The summed E-state index contributed by atoms with van der Waals surface area (Å²) in [4.78, 5) is 41.8. The molecule has 0 N–H and O–H groups in total. The molecule has 0 amide bonds. The monoisotopic (exact) mass is 576 g/mol. The van der Waals surface area contributed by atoms with Crippen LogP contribution in [-0.4, -0.2) is 22.4 Å². The zero-order valence-electron chi connectivity index (χ0n) is 26.2. The first kappa shape index (κ1) is 33.2. The predicted molar refractivity (Wildman–Crippen MR) is 169 cm³/mol. The molecule has 0 bridgehead atoms. The van der Waals surface area contributed by atoms with Gasteiger partial charge >= 0.3 is 5.97 Å². The first-order valence-electron chi connectivity index (χ1n) is 16.0. The Labute approximate surface area is 251 Å². The van der Waals surface area contributed by atoms with Crippen molar-refractivity contribution in [1.82, 2.24) is 0 Å². The first-order valence-corrected chi connectivity index (χ1v) is 16.0. The predicted octanol–water partition coefficient (Wildman–Crippen LogP) is 9.73. The highest BCUT2D eigenvalue weighted by Gasteiger charge is 2.43. The number of oxime groups is 1. The van der Waals surface area contributed by atoms with E-state index in [0.717, 1.165) is 80.0 Å². The number of rotatable bonds is 13. The van der Waals surface area contributed by atoms with Gasteiger partial charge < -0.3 is 4.84 Å². The number of hydrogen-bond acceptors (Lipinski definition) is 6. The molecule has 0 unspecified atom stereocenters. The van der Waals surface area contributed by atoms with Crippen LogP contribution in [-0.2, 0) is 15.0 Å². The van der Waals surface area contributed by atoms with Gasteiger partial charge in [-0.05, 0) is 66.0 Å². The van der Waals surface area contributed by atoms with E-state index in [2.05, 4.69) is 19.0 Å². The second-order valence-corrected chi connectivity index (χ2v) is 11.5. The maximum absolute atomic E-state index is 13.9. The summed E-state index contributed by atoms with van der Waals surface area (Å²) >= 11 is 0. The highest BCUT2D eigenvalue weighted by Crippen LogP contribution is 2.55. The number of ketones is 1. The van der Waals surface area contributed by atoms with Crippen LogP contribution in [0.3, 0.4) is 0 Å². The Morgan fingerprint density at radius 3 is 2.12 bits per heavy atom.